The van der Waals surface area contributed by atoms with Crippen LogP contribution in [0.4, 0.5) is 0 Å². The summed E-state index contributed by atoms with van der Waals surface area (Å²) in [5, 5.41) is 0. The first-order valence-corrected chi connectivity index (χ1v) is 3.27. The number of rotatable bonds is 4. The quantitative estimate of drug-likeness (QED) is 0.609. The third-order valence-corrected chi connectivity index (χ3v) is 0.955. The zero-order valence-electron chi connectivity index (χ0n) is 5.97. The normalized spacial score (nSPS) is 9.56. The van der Waals surface area contributed by atoms with Crippen molar-refractivity contribution in [3.05, 3.63) is 12.2 Å². The van der Waals surface area contributed by atoms with E-state index < -0.39 is 0 Å². The smallest absolute Gasteiger partial charge is 0.00426 e. The summed E-state index contributed by atoms with van der Waals surface area (Å²) in [6.07, 6.45) is 7.79. The molecule has 0 aliphatic rings. The van der Waals surface area contributed by atoms with Crippen molar-refractivity contribution >= 4 is 12.4 Å². The second-order valence-electron chi connectivity index (χ2n) is 1.84. The van der Waals surface area contributed by atoms with E-state index in [2.05, 4.69) is 19.1 Å². The Kier molecular flexibility index (Phi) is 14.2. The lowest BCUT2D eigenvalue weighted by atomic mass is 10.3. The topological polar surface area (TPSA) is 26.0 Å². The molecule has 2 heteroatoms. The zero-order chi connectivity index (χ0) is 6.24. The second-order valence-corrected chi connectivity index (χ2v) is 1.84. The predicted octanol–water partition coefficient (Wildman–Crippen LogP) is 2.11. The highest BCUT2D eigenvalue weighted by Crippen LogP contribution is 1.88. The van der Waals surface area contributed by atoms with Crippen molar-refractivity contribution < 1.29 is 0 Å². The predicted molar refractivity (Wildman–Crippen MR) is 45.0 cm³/mol. The molecule has 0 aromatic carbocycles. The van der Waals surface area contributed by atoms with Crippen molar-refractivity contribution in [2.24, 2.45) is 5.73 Å². The Balaban J connectivity index is 0. The van der Waals surface area contributed by atoms with Crippen LogP contribution in [0.2, 0.25) is 0 Å². The first-order chi connectivity index (χ1) is 3.91. The first-order valence-electron chi connectivity index (χ1n) is 3.27. The summed E-state index contributed by atoms with van der Waals surface area (Å²) >= 11 is 0. The Morgan fingerprint density at radius 1 is 1.22 bits per heavy atom. The molecule has 0 radical (unpaired) electrons. The van der Waals surface area contributed by atoms with Gasteiger partial charge in [-0.2, -0.15) is 0 Å². The van der Waals surface area contributed by atoms with Crippen molar-refractivity contribution in [3.8, 4) is 0 Å². The van der Waals surface area contributed by atoms with Gasteiger partial charge in [-0.1, -0.05) is 25.5 Å². The highest BCUT2D eigenvalue weighted by molar-refractivity contribution is 5.85. The molecule has 0 bridgehead atoms. The minimum Gasteiger partial charge on any atom is -0.330 e. The third kappa shape index (κ3) is 11.5. The van der Waals surface area contributed by atoms with Gasteiger partial charge in [0, 0.05) is 0 Å². The molecule has 2 N–H and O–H groups in total. The summed E-state index contributed by atoms with van der Waals surface area (Å²) in [4.78, 5) is 0. The van der Waals surface area contributed by atoms with E-state index in [1.807, 2.05) is 0 Å². The number of hydrogen-bond donors (Lipinski definition) is 1. The minimum atomic E-state index is 0. The van der Waals surface area contributed by atoms with Crippen molar-refractivity contribution in [1.29, 1.82) is 0 Å². The second kappa shape index (κ2) is 10.9. The van der Waals surface area contributed by atoms with E-state index in [1.54, 1.807) is 0 Å². The molecule has 0 saturated carbocycles. The summed E-state index contributed by atoms with van der Waals surface area (Å²) in [5.41, 5.74) is 5.26. The Morgan fingerprint density at radius 2 is 1.78 bits per heavy atom. The van der Waals surface area contributed by atoms with Crippen LogP contribution in [0, 0.1) is 0 Å². The number of halogens is 1. The number of nitrogens with two attached hydrogens (primary N) is 1. The highest BCUT2D eigenvalue weighted by atomic mass is 35.5. The molecule has 0 amide bonds. The lowest BCUT2D eigenvalue weighted by Gasteiger charge is -1.83. The Bertz CT molecular complexity index is 53.9. The lowest BCUT2D eigenvalue weighted by molar-refractivity contribution is 0.938. The Labute approximate surface area is 63.7 Å². The van der Waals surface area contributed by atoms with Gasteiger partial charge in [-0.15, -0.1) is 12.4 Å². The molecule has 1 nitrogen and oxygen atoms in total. The van der Waals surface area contributed by atoms with Gasteiger partial charge in [-0.05, 0) is 19.4 Å². The van der Waals surface area contributed by atoms with E-state index in [0.29, 0.717) is 0 Å². The van der Waals surface area contributed by atoms with Crippen LogP contribution in [0.5, 0.6) is 0 Å². The molecule has 0 aliphatic heterocycles. The van der Waals surface area contributed by atoms with Gasteiger partial charge in [0.2, 0.25) is 0 Å². The van der Waals surface area contributed by atoms with Crippen LogP contribution in [0.25, 0.3) is 0 Å². The van der Waals surface area contributed by atoms with Crippen LogP contribution < -0.4 is 5.73 Å². The summed E-state index contributed by atoms with van der Waals surface area (Å²) in [6.45, 7) is 2.95. The number of allylic oxidation sites excluding steroid dienone is 1. The summed E-state index contributed by atoms with van der Waals surface area (Å²) in [5.74, 6) is 0. The average Bonchev–Trinajstić information content (AvgIpc) is 1.81. The van der Waals surface area contributed by atoms with Crippen molar-refractivity contribution in [2.75, 3.05) is 6.54 Å². The van der Waals surface area contributed by atoms with Crippen molar-refractivity contribution in [1.82, 2.24) is 0 Å². The average molecular weight is 150 g/mol. The van der Waals surface area contributed by atoms with E-state index in [9.17, 15) is 0 Å². The lowest BCUT2D eigenvalue weighted by Crippen LogP contribution is -1.94. The van der Waals surface area contributed by atoms with Crippen LogP contribution in [0.1, 0.15) is 26.2 Å². The van der Waals surface area contributed by atoms with Gasteiger partial charge in [0.15, 0.2) is 0 Å². The monoisotopic (exact) mass is 149 g/mol. The van der Waals surface area contributed by atoms with Crippen LogP contribution in [-0.4, -0.2) is 6.54 Å². The minimum absolute atomic E-state index is 0. The molecular weight excluding hydrogens is 134 g/mol. The van der Waals surface area contributed by atoms with E-state index in [-0.39, 0.29) is 12.4 Å². The fourth-order valence-electron chi connectivity index (χ4n) is 0.499. The number of hydrogen-bond acceptors (Lipinski definition) is 1. The molecular formula is C7H16ClN. The van der Waals surface area contributed by atoms with E-state index in [1.165, 1.54) is 12.8 Å². The largest absolute Gasteiger partial charge is 0.330 e. The summed E-state index contributed by atoms with van der Waals surface area (Å²) < 4.78 is 0. The van der Waals surface area contributed by atoms with Gasteiger partial charge in [-0.3, -0.25) is 0 Å². The van der Waals surface area contributed by atoms with Crippen LogP contribution >= 0.6 is 12.4 Å². The maximum absolute atomic E-state index is 5.26. The molecule has 0 rings (SSSR count). The van der Waals surface area contributed by atoms with Gasteiger partial charge in [0.1, 0.15) is 0 Å². The maximum atomic E-state index is 5.26. The Hall–Kier alpha value is -0.0100. The molecule has 0 atom stereocenters. The highest BCUT2D eigenvalue weighted by Gasteiger charge is 1.72. The molecule has 0 saturated heterocycles. The molecule has 0 aromatic rings. The maximum Gasteiger partial charge on any atom is -0.00426 e. The van der Waals surface area contributed by atoms with Gasteiger partial charge < -0.3 is 5.73 Å². The van der Waals surface area contributed by atoms with Gasteiger partial charge in [0.25, 0.3) is 0 Å². The first kappa shape index (κ1) is 11.7. The van der Waals surface area contributed by atoms with Gasteiger partial charge in [-0.25, -0.2) is 0 Å². The fraction of sp³-hybridized carbons (Fsp3) is 0.714. The summed E-state index contributed by atoms with van der Waals surface area (Å²) in [6, 6.07) is 0. The van der Waals surface area contributed by atoms with Gasteiger partial charge >= 0.3 is 0 Å². The molecule has 0 aliphatic carbocycles. The third-order valence-electron chi connectivity index (χ3n) is 0.955. The summed E-state index contributed by atoms with van der Waals surface area (Å²) in [7, 11) is 0. The van der Waals surface area contributed by atoms with E-state index >= 15 is 0 Å². The molecule has 0 aromatic heterocycles. The van der Waals surface area contributed by atoms with E-state index in [4.69, 9.17) is 5.73 Å². The molecule has 0 heterocycles. The zero-order valence-corrected chi connectivity index (χ0v) is 6.79. The molecule has 0 fully saturated rings. The van der Waals surface area contributed by atoms with Crippen LogP contribution in [-0.2, 0) is 0 Å². The fourth-order valence-corrected chi connectivity index (χ4v) is 0.499. The van der Waals surface area contributed by atoms with Gasteiger partial charge in [0.05, 0.1) is 0 Å². The Morgan fingerprint density at radius 3 is 2.22 bits per heavy atom. The van der Waals surface area contributed by atoms with Crippen molar-refractivity contribution in [2.45, 2.75) is 26.2 Å². The van der Waals surface area contributed by atoms with Crippen LogP contribution in [0.3, 0.4) is 0 Å². The van der Waals surface area contributed by atoms with Crippen LogP contribution in [0.15, 0.2) is 12.2 Å². The molecule has 56 valence electrons. The SMILES string of the molecule is CCCC=CCCN.Cl. The standard InChI is InChI=1S/C7H15N.ClH/c1-2-3-4-5-6-7-8;/h4-5H,2-3,6-8H2,1H3;1H. The van der Waals surface area contributed by atoms with Crippen molar-refractivity contribution in [3.63, 3.8) is 0 Å². The molecule has 0 unspecified atom stereocenters. The van der Waals surface area contributed by atoms with E-state index in [0.717, 1.165) is 13.0 Å². The molecule has 0 spiro atoms. The number of unbranched alkanes of at least 4 members (excludes halogenated alkanes) is 1. The molecule has 9 heavy (non-hydrogen) atoms.